The Labute approximate surface area is 125 Å². The van der Waals surface area contributed by atoms with Gasteiger partial charge in [0.1, 0.15) is 12.4 Å². The molecule has 2 rings (SSSR count). The van der Waals surface area contributed by atoms with Gasteiger partial charge in [-0.3, -0.25) is 4.79 Å². The number of hydrogen-bond donors (Lipinski definition) is 0. The molecule has 0 saturated carbocycles. The van der Waals surface area contributed by atoms with E-state index in [-0.39, 0.29) is 12.6 Å². The van der Waals surface area contributed by atoms with Crippen LogP contribution in [-0.4, -0.2) is 13.1 Å². The molecule has 0 atom stereocenters. The highest BCUT2D eigenvalue weighted by Crippen LogP contribution is 2.26. The van der Waals surface area contributed by atoms with Crippen LogP contribution >= 0.6 is 0 Å². The van der Waals surface area contributed by atoms with Gasteiger partial charge in [-0.1, -0.05) is 48.5 Å². The monoisotopic (exact) mass is 284 g/mol. The zero-order chi connectivity index (χ0) is 15.3. The molecule has 21 heavy (non-hydrogen) atoms. The summed E-state index contributed by atoms with van der Waals surface area (Å²) in [6, 6.07) is 17.2. The number of rotatable bonds is 5. The normalized spacial score (nSPS) is 11.0. The summed E-state index contributed by atoms with van der Waals surface area (Å²) in [7, 11) is 1.61. The first-order valence-corrected chi connectivity index (χ1v) is 6.90. The summed E-state index contributed by atoms with van der Waals surface area (Å²) in [5, 5.41) is 0. The number of hydrogen-bond acceptors (Lipinski definition) is 3. The van der Waals surface area contributed by atoms with E-state index < -0.39 is 5.41 Å². The standard InChI is InChI=1S/C18H20O3/c1-18(2,15-10-5-4-6-11-15)17(19)21-13-14-9-7-8-12-16(14)20-3/h4-12H,13H2,1-3H3. The smallest absolute Gasteiger partial charge is 0.316 e. The van der Waals surface area contributed by atoms with E-state index in [0.29, 0.717) is 0 Å². The van der Waals surface area contributed by atoms with E-state index in [4.69, 9.17) is 9.47 Å². The van der Waals surface area contributed by atoms with Crippen molar-refractivity contribution in [2.24, 2.45) is 0 Å². The van der Waals surface area contributed by atoms with E-state index in [2.05, 4.69) is 0 Å². The lowest BCUT2D eigenvalue weighted by atomic mass is 9.85. The van der Waals surface area contributed by atoms with Crippen LogP contribution < -0.4 is 4.74 Å². The average molecular weight is 284 g/mol. The molecule has 0 amide bonds. The number of esters is 1. The average Bonchev–Trinajstić information content (AvgIpc) is 2.53. The van der Waals surface area contributed by atoms with Crippen molar-refractivity contribution in [3.8, 4) is 5.75 Å². The molecule has 0 saturated heterocycles. The Morgan fingerprint density at radius 1 is 1.00 bits per heavy atom. The highest BCUT2D eigenvalue weighted by Gasteiger charge is 2.31. The van der Waals surface area contributed by atoms with Gasteiger partial charge in [-0.2, -0.15) is 0 Å². The molecule has 110 valence electrons. The Morgan fingerprint density at radius 3 is 2.29 bits per heavy atom. The maximum absolute atomic E-state index is 12.4. The minimum Gasteiger partial charge on any atom is -0.496 e. The van der Waals surface area contributed by atoms with Gasteiger partial charge in [0.05, 0.1) is 12.5 Å². The van der Waals surface area contributed by atoms with Crippen LogP contribution in [0.4, 0.5) is 0 Å². The van der Waals surface area contributed by atoms with E-state index >= 15 is 0 Å². The van der Waals surface area contributed by atoms with Gasteiger partial charge in [0, 0.05) is 5.56 Å². The van der Waals surface area contributed by atoms with Crippen molar-refractivity contribution >= 4 is 5.97 Å². The second-order valence-electron chi connectivity index (χ2n) is 5.38. The number of benzene rings is 2. The number of methoxy groups -OCH3 is 1. The molecule has 0 aliphatic heterocycles. The topological polar surface area (TPSA) is 35.5 Å². The molecule has 0 aliphatic rings. The molecule has 3 heteroatoms. The molecule has 0 aromatic heterocycles. The van der Waals surface area contributed by atoms with Gasteiger partial charge in [0.25, 0.3) is 0 Å². The third-order valence-corrected chi connectivity index (χ3v) is 3.56. The molecule has 0 radical (unpaired) electrons. The van der Waals surface area contributed by atoms with Gasteiger partial charge in [-0.15, -0.1) is 0 Å². The summed E-state index contributed by atoms with van der Waals surface area (Å²) >= 11 is 0. The maximum atomic E-state index is 12.4. The zero-order valence-corrected chi connectivity index (χ0v) is 12.6. The van der Waals surface area contributed by atoms with Crippen LogP contribution in [0.1, 0.15) is 25.0 Å². The van der Waals surface area contributed by atoms with Crippen molar-refractivity contribution < 1.29 is 14.3 Å². The van der Waals surface area contributed by atoms with Crippen LogP contribution in [0.2, 0.25) is 0 Å². The minimum absolute atomic E-state index is 0.207. The SMILES string of the molecule is COc1ccccc1COC(=O)C(C)(C)c1ccccc1. The van der Waals surface area contributed by atoms with Crippen molar-refractivity contribution in [2.45, 2.75) is 25.9 Å². The van der Waals surface area contributed by atoms with E-state index in [1.54, 1.807) is 7.11 Å². The van der Waals surface area contributed by atoms with Gasteiger partial charge < -0.3 is 9.47 Å². The van der Waals surface area contributed by atoms with E-state index in [1.807, 2.05) is 68.4 Å². The van der Waals surface area contributed by atoms with Crippen LogP contribution in [0, 0.1) is 0 Å². The summed E-state index contributed by atoms with van der Waals surface area (Å²) in [6.07, 6.45) is 0. The Morgan fingerprint density at radius 2 is 1.62 bits per heavy atom. The molecule has 0 N–H and O–H groups in total. The van der Waals surface area contributed by atoms with Crippen molar-refractivity contribution in [1.82, 2.24) is 0 Å². The van der Waals surface area contributed by atoms with Crippen LogP contribution in [0.5, 0.6) is 5.75 Å². The summed E-state index contributed by atoms with van der Waals surface area (Å²) in [6.45, 7) is 3.94. The van der Waals surface area contributed by atoms with Gasteiger partial charge >= 0.3 is 5.97 Å². The first-order chi connectivity index (χ1) is 10.1. The zero-order valence-electron chi connectivity index (χ0n) is 12.6. The molecule has 2 aromatic rings. The van der Waals surface area contributed by atoms with Crippen molar-refractivity contribution in [3.63, 3.8) is 0 Å². The maximum Gasteiger partial charge on any atom is 0.316 e. The summed E-state index contributed by atoms with van der Waals surface area (Å²) in [4.78, 5) is 12.4. The molecule has 2 aromatic carbocycles. The summed E-state index contributed by atoms with van der Waals surface area (Å²) in [5.74, 6) is 0.474. The van der Waals surface area contributed by atoms with Crippen LogP contribution in [0.25, 0.3) is 0 Å². The van der Waals surface area contributed by atoms with E-state index in [0.717, 1.165) is 16.9 Å². The predicted octanol–water partition coefficient (Wildman–Crippen LogP) is 3.72. The molecule has 0 unspecified atom stereocenters. The molecule has 0 bridgehead atoms. The Bertz CT molecular complexity index is 603. The Kier molecular flexibility index (Phi) is 4.63. The largest absolute Gasteiger partial charge is 0.496 e. The van der Waals surface area contributed by atoms with Crippen molar-refractivity contribution in [1.29, 1.82) is 0 Å². The fraction of sp³-hybridized carbons (Fsp3) is 0.278. The molecular weight excluding hydrogens is 264 g/mol. The molecule has 0 fully saturated rings. The fourth-order valence-electron chi connectivity index (χ4n) is 2.12. The second kappa shape index (κ2) is 6.44. The molecule has 0 spiro atoms. The predicted molar refractivity (Wildman–Crippen MR) is 82.3 cm³/mol. The Balaban J connectivity index is 2.08. The highest BCUT2D eigenvalue weighted by molar-refractivity contribution is 5.82. The molecule has 3 nitrogen and oxygen atoms in total. The third-order valence-electron chi connectivity index (χ3n) is 3.56. The van der Waals surface area contributed by atoms with Crippen LogP contribution in [0.3, 0.4) is 0 Å². The quantitative estimate of drug-likeness (QED) is 0.785. The summed E-state index contributed by atoms with van der Waals surface area (Å²) < 4.78 is 10.7. The van der Waals surface area contributed by atoms with Crippen molar-refractivity contribution in [2.75, 3.05) is 7.11 Å². The van der Waals surface area contributed by atoms with Gasteiger partial charge in [-0.25, -0.2) is 0 Å². The second-order valence-corrected chi connectivity index (χ2v) is 5.38. The first kappa shape index (κ1) is 15.1. The molecule has 0 aliphatic carbocycles. The molecular formula is C18H20O3. The lowest BCUT2D eigenvalue weighted by Crippen LogP contribution is -2.31. The van der Waals surface area contributed by atoms with Gasteiger partial charge in [0.2, 0.25) is 0 Å². The van der Waals surface area contributed by atoms with E-state index in [1.165, 1.54) is 0 Å². The van der Waals surface area contributed by atoms with Crippen molar-refractivity contribution in [3.05, 3.63) is 65.7 Å². The number of ether oxygens (including phenoxy) is 2. The van der Waals surface area contributed by atoms with Gasteiger partial charge in [-0.05, 0) is 25.5 Å². The third kappa shape index (κ3) is 3.43. The minimum atomic E-state index is -0.677. The van der Waals surface area contributed by atoms with Crippen LogP contribution in [-0.2, 0) is 21.6 Å². The number of para-hydroxylation sites is 1. The fourth-order valence-corrected chi connectivity index (χ4v) is 2.12. The Hall–Kier alpha value is -2.29. The number of carbonyl (C=O) groups is 1. The van der Waals surface area contributed by atoms with E-state index in [9.17, 15) is 4.79 Å². The first-order valence-electron chi connectivity index (χ1n) is 6.90. The number of carbonyl (C=O) groups excluding carboxylic acids is 1. The van der Waals surface area contributed by atoms with Gasteiger partial charge in [0.15, 0.2) is 0 Å². The summed E-state index contributed by atoms with van der Waals surface area (Å²) in [5.41, 5.74) is 1.12. The highest BCUT2D eigenvalue weighted by atomic mass is 16.5. The molecule has 0 heterocycles. The lowest BCUT2D eigenvalue weighted by molar-refractivity contribution is -0.150. The lowest BCUT2D eigenvalue weighted by Gasteiger charge is -2.23. The van der Waals surface area contributed by atoms with Crippen LogP contribution in [0.15, 0.2) is 54.6 Å².